The molecule has 1 aromatic rings. The first-order chi connectivity index (χ1) is 6.81. The van der Waals surface area contributed by atoms with Crippen LogP contribution in [0.25, 0.3) is 0 Å². The van der Waals surface area contributed by atoms with Crippen LogP contribution in [0.3, 0.4) is 0 Å². The second-order valence-electron chi connectivity index (χ2n) is 4.44. The topological polar surface area (TPSA) is 37.8 Å². The molecular formula is C11H18ClN3. The normalized spacial score (nSPS) is 13.7. The molecular weight excluding hydrogens is 210 g/mol. The van der Waals surface area contributed by atoms with Crippen molar-refractivity contribution in [3.63, 3.8) is 0 Å². The molecule has 0 bridgehead atoms. The fourth-order valence-electron chi connectivity index (χ4n) is 1.17. The minimum absolute atomic E-state index is 0.00178. The molecule has 15 heavy (non-hydrogen) atoms. The predicted molar refractivity (Wildman–Crippen MR) is 64.5 cm³/mol. The van der Waals surface area contributed by atoms with Gasteiger partial charge in [-0.15, -0.1) is 11.6 Å². The minimum Gasteiger partial charge on any atom is -0.348 e. The van der Waals surface area contributed by atoms with Crippen LogP contribution in [0.4, 0.5) is 5.95 Å². The van der Waals surface area contributed by atoms with Crippen molar-refractivity contribution in [2.45, 2.75) is 45.5 Å². The lowest BCUT2D eigenvalue weighted by atomic mass is 10.0. The molecule has 1 rings (SSSR count). The highest BCUT2D eigenvalue weighted by Crippen LogP contribution is 2.19. The monoisotopic (exact) mass is 227 g/mol. The van der Waals surface area contributed by atoms with E-state index in [1.165, 1.54) is 0 Å². The Kier molecular flexibility index (Phi) is 3.55. The van der Waals surface area contributed by atoms with Crippen molar-refractivity contribution >= 4 is 17.5 Å². The molecule has 0 spiro atoms. The molecule has 0 aliphatic carbocycles. The van der Waals surface area contributed by atoms with E-state index in [2.05, 4.69) is 15.3 Å². The Bertz CT molecular complexity index is 327. The van der Waals surface area contributed by atoms with Gasteiger partial charge in [0, 0.05) is 11.4 Å². The SMILES string of the molecule is Cc1cc(C)nc(NC(C)(C)C(C)Cl)n1. The van der Waals surface area contributed by atoms with Gasteiger partial charge in [-0.25, -0.2) is 9.97 Å². The van der Waals surface area contributed by atoms with E-state index in [0.29, 0.717) is 5.95 Å². The number of alkyl halides is 1. The summed E-state index contributed by atoms with van der Waals surface area (Å²) in [6.07, 6.45) is 0. The van der Waals surface area contributed by atoms with Gasteiger partial charge in [0.1, 0.15) is 0 Å². The summed E-state index contributed by atoms with van der Waals surface area (Å²) in [5.41, 5.74) is 1.70. The van der Waals surface area contributed by atoms with E-state index >= 15 is 0 Å². The quantitative estimate of drug-likeness (QED) is 0.807. The van der Waals surface area contributed by atoms with Crippen LogP contribution in [-0.2, 0) is 0 Å². The van der Waals surface area contributed by atoms with Crippen LogP contribution in [-0.4, -0.2) is 20.9 Å². The number of aromatic nitrogens is 2. The molecule has 4 heteroatoms. The van der Waals surface area contributed by atoms with Crippen LogP contribution in [0.1, 0.15) is 32.2 Å². The third kappa shape index (κ3) is 3.34. The van der Waals surface area contributed by atoms with Gasteiger partial charge in [0.2, 0.25) is 5.95 Å². The summed E-state index contributed by atoms with van der Waals surface area (Å²) in [5.74, 6) is 0.644. The molecule has 1 N–H and O–H groups in total. The average molecular weight is 228 g/mol. The van der Waals surface area contributed by atoms with E-state index in [1.807, 2.05) is 40.7 Å². The highest BCUT2D eigenvalue weighted by Gasteiger charge is 2.24. The van der Waals surface area contributed by atoms with E-state index < -0.39 is 0 Å². The van der Waals surface area contributed by atoms with Crippen LogP contribution < -0.4 is 5.32 Å². The fraction of sp³-hybridized carbons (Fsp3) is 0.636. The summed E-state index contributed by atoms with van der Waals surface area (Å²) in [4.78, 5) is 8.64. The molecule has 0 fully saturated rings. The number of nitrogens with zero attached hydrogens (tertiary/aromatic N) is 2. The van der Waals surface area contributed by atoms with Crippen LogP contribution in [0.15, 0.2) is 6.07 Å². The molecule has 0 saturated heterocycles. The minimum atomic E-state index is -0.220. The summed E-state index contributed by atoms with van der Waals surface area (Å²) in [7, 11) is 0. The molecule has 84 valence electrons. The first kappa shape index (κ1) is 12.2. The molecule has 0 amide bonds. The fourth-order valence-corrected chi connectivity index (χ4v) is 1.22. The molecule has 1 heterocycles. The highest BCUT2D eigenvalue weighted by atomic mass is 35.5. The lowest BCUT2D eigenvalue weighted by Crippen LogP contribution is -2.39. The van der Waals surface area contributed by atoms with E-state index in [-0.39, 0.29) is 10.9 Å². The van der Waals surface area contributed by atoms with Gasteiger partial charge in [0.05, 0.1) is 10.9 Å². The van der Waals surface area contributed by atoms with Crippen LogP contribution in [0.5, 0.6) is 0 Å². The number of rotatable bonds is 3. The first-order valence-electron chi connectivity index (χ1n) is 5.06. The summed E-state index contributed by atoms with van der Waals surface area (Å²) in [5, 5.41) is 3.25. The molecule has 3 nitrogen and oxygen atoms in total. The summed E-state index contributed by atoms with van der Waals surface area (Å²) < 4.78 is 0. The van der Waals surface area contributed by atoms with Gasteiger partial charge in [-0.05, 0) is 40.7 Å². The van der Waals surface area contributed by atoms with Crippen LogP contribution in [0, 0.1) is 13.8 Å². The van der Waals surface area contributed by atoms with Crippen molar-refractivity contribution in [3.05, 3.63) is 17.5 Å². The predicted octanol–water partition coefficient (Wildman–Crippen LogP) is 2.91. The van der Waals surface area contributed by atoms with Crippen molar-refractivity contribution in [1.29, 1.82) is 0 Å². The number of nitrogens with one attached hydrogen (secondary N) is 1. The number of anilines is 1. The Morgan fingerprint density at radius 1 is 1.27 bits per heavy atom. The molecule has 0 aliphatic rings. The second-order valence-corrected chi connectivity index (χ2v) is 5.09. The lowest BCUT2D eigenvalue weighted by Gasteiger charge is -2.29. The van der Waals surface area contributed by atoms with E-state index in [4.69, 9.17) is 11.6 Å². The van der Waals surface area contributed by atoms with Gasteiger partial charge in [-0.3, -0.25) is 0 Å². The number of aryl methyl sites for hydroxylation is 2. The van der Waals surface area contributed by atoms with Crippen LogP contribution >= 0.6 is 11.6 Å². The van der Waals surface area contributed by atoms with Gasteiger partial charge >= 0.3 is 0 Å². The molecule has 1 atom stereocenters. The maximum absolute atomic E-state index is 6.08. The van der Waals surface area contributed by atoms with E-state index in [1.54, 1.807) is 0 Å². The Morgan fingerprint density at radius 3 is 2.13 bits per heavy atom. The van der Waals surface area contributed by atoms with Crippen LogP contribution in [0.2, 0.25) is 0 Å². The van der Waals surface area contributed by atoms with Gasteiger partial charge in [0.15, 0.2) is 0 Å². The highest BCUT2D eigenvalue weighted by molar-refractivity contribution is 6.21. The maximum Gasteiger partial charge on any atom is 0.223 e. The number of hydrogen-bond donors (Lipinski definition) is 1. The molecule has 0 aromatic carbocycles. The molecule has 1 unspecified atom stereocenters. The standard InChI is InChI=1S/C11H18ClN3/c1-7-6-8(2)14-10(13-7)15-11(4,5)9(3)12/h6,9H,1-5H3,(H,13,14,15). The number of hydrogen-bond acceptors (Lipinski definition) is 3. The Hall–Kier alpha value is -0.830. The smallest absolute Gasteiger partial charge is 0.223 e. The Balaban J connectivity index is 2.89. The first-order valence-corrected chi connectivity index (χ1v) is 5.49. The molecule has 0 aliphatic heterocycles. The zero-order valence-electron chi connectivity index (χ0n) is 9.93. The zero-order valence-corrected chi connectivity index (χ0v) is 10.7. The molecule has 0 radical (unpaired) electrons. The van der Waals surface area contributed by atoms with E-state index in [9.17, 15) is 0 Å². The van der Waals surface area contributed by atoms with Crippen molar-refractivity contribution in [1.82, 2.24) is 9.97 Å². The lowest BCUT2D eigenvalue weighted by molar-refractivity contribution is 0.549. The zero-order chi connectivity index (χ0) is 11.6. The van der Waals surface area contributed by atoms with Crippen molar-refractivity contribution in [2.24, 2.45) is 0 Å². The molecule has 0 saturated carbocycles. The van der Waals surface area contributed by atoms with Gasteiger partial charge in [-0.1, -0.05) is 0 Å². The largest absolute Gasteiger partial charge is 0.348 e. The van der Waals surface area contributed by atoms with Gasteiger partial charge in [0.25, 0.3) is 0 Å². The summed E-state index contributed by atoms with van der Waals surface area (Å²) >= 11 is 6.08. The summed E-state index contributed by atoms with van der Waals surface area (Å²) in [6, 6.07) is 1.95. The Labute approximate surface area is 96.3 Å². The van der Waals surface area contributed by atoms with E-state index in [0.717, 1.165) is 11.4 Å². The van der Waals surface area contributed by atoms with Gasteiger partial charge in [-0.2, -0.15) is 0 Å². The Morgan fingerprint density at radius 2 is 1.73 bits per heavy atom. The number of halogens is 1. The van der Waals surface area contributed by atoms with Crippen molar-refractivity contribution < 1.29 is 0 Å². The van der Waals surface area contributed by atoms with Crippen molar-refractivity contribution in [2.75, 3.05) is 5.32 Å². The molecule has 1 aromatic heterocycles. The third-order valence-electron chi connectivity index (χ3n) is 2.41. The second kappa shape index (κ2) is 4.35. The van der Waals surface area contributed by atoms with Gasteiger partial charge < -0.3 is 5.32 Å². The van der Waals surface area contributed by atoms with Crippen molar-refractivity contribution in [3.8, 4) is 0 Å². The summed E-state index contributed by atoms with van der Waals surface area (Å²) in [6.45, 7) is 9.93. The average Bonchev–Trinajstić information content (AvgIpc) is 1.99. The maximum atomic E-state index is 6.08. The third-order valence-corrected chi connectivity index (χ3v) is 2.96.